The number of hydrogen-bond donors (Lipinski definition) is 0. The molecule has 0 atom stereocenters. The fraction of sp³-hybridized carbons (Fsp3) is 1.00. The first-order valence-electron chi connectivity index (χ1n) is 7.12. The predicted octanol–water partition coefficient (Wildman–Crippen LogP) is 4.85. The van der Waals surface area contributed by atoms with Crippen LogP contribution in [0.1, 0.15) is 75.2 Å². The molecule has 0 saturated carbocycles. The Bertz CT molecular complexity index is 316. The minimum absolute atomic E-state index is 0.0774. The molecule has 19 heavy (non-hydrogen) atoms. The molecule has 0 bridgehead atoms. The summed E-state index contributed by atoms with van der Waals surface area (Å²) in [6, 6.07) is 0. The van der Waals surface area contributed by atoms with Gasteiger partial charge in [-0.25, -0.2) is 0 Å². The van der Waals surface area contributed by atoms with Crippen LogP contribution in [-0.4, -0.2) is 10.7 Å². The predicted molar refractivity (Wildman–Crippen MR) is 78.4 cm³/mol. The van der Waals surface area contributed by atoms with Gasteiger partial charge in [0.15, 0.2) is 0 Å². The molecular weight excluding hydrogens is 242 g/mol. The summed E-state index contributed by atoms with van der Waals surface area (Å²) in [5.41, 5.74) is -1.35. The van der Waals surface area contributed by atoms with E-state index in [4.69, 9.17) is 4.84 Å². The average molecular weight is 273 g/mol. The molecule has 0 fully saturated rings. The van der Waals surface area contributed by atoms with E-state index in [1.54, 1.807) is 0 Å². The highest BCUT2D eigenvalue weighted by Crippen LogP contribution is 2.61. The van der Waals surface area contributed by atoms with Gasteiger partial charge in [0.1, 0.15) is 5.60 Å². The van der Waals surface area contributed by atoms with Crippen LogP contribution in [-0.2, 0) is 4.84 Å². The molecule has 4 heteroatoms. The Morgan fingerprint density at radius 2 is 1.21 bits per heavy atom. The van der Waals surface area contributed by atoms with E-state index in [1.165, 1.54) is 0 Å². The molecule has 0 unspecified atom stereocenters. The normalized spacial score (nSPS) is 14.4. The molecule has 0 saturated heterocycles. The first-order chi connectivity index (χ1) is 8.29. The van der Waals surface area contributed by atoms with Gasteiger partial charge in [-0.1, -0.05) is 61.3 Å². The van der Waals surface area contributed by atoms with Crippen LogP contribution in [0, 0.1) is 26.4 Å². The maximum Gasteiger partial charge on any atom is 0.295 e. The number of hydrogen-bond acceptors (Lipinski definition) is 3. The first-order valence-corrected chi connectivity index (χ1v) is 7.12. The van der Waals surface area contributed by atoms with Crippen molar-refractivity contribution in [2.24, 2.45) is 16.2 Å². The molecule has 114 valence electrons. The Morgan fingerprint density at radius 3 is 1.42 bits per heavy atom. The largest absolute Gasteiger partial charge is 0.307 e. The van der Waals surface area contributed by atoms with Gasteiger partial charge < -0.3 is 4.84 Å². The molecule has 0 radical (unpaired) electrons. The van der Waals surface area contributed by atoms with Crippen molar-refractivity contribution in [3.63, 3.8) is 0 Å². The molecule has 0 rings (SSSR count). The highest BCUT2D eigenvalue weighted by molar-refractivity contribution is 5.07. The summed E-state index contributed by atoms with van der Waals surface area (Å²) in [4.78, 5) is 16.0. The zero-order valence-electron chi connectivity index (χ0n) is 14.1. The van der Waals surface area contributed by atoms with E-state index in [0.717, 1.165) is 12.8 Å². The Labute approximate surface area is 118 Å². The molecule has 0 aromatic carbocycles. The molecule has 0 amide bonds. The maximum atomic E-state index is 10.9. The van der Waals surface area contributed by atoms with Crippen LogP contribution in [0.5, 0.6) is 0 Å². The van der Waals surface area contributed by atoms with Gasteiger partial charge in [0.25, 0.3) is 5.09 Å². The lowest BCUT2D eigenvalue weighted by Crippen LogP contribution is -2.60. The monoisotopic (exact) mass is 273 g/mol. The SMILES string of the molecule is CCC(C)(C)C(C)(C(C)(C)CC)C(C)(C)O[N+](=O)[O-]. The van der Waals surface area contributed by atoms with Crippen molar-refractivity contribution in [2.45, 2.75) is 80.8 Å². The number of rotatable bonds is 7. The zero-order chi connectivity index (χ0) is 15.7. The second kappa shape index (κ2) is 5.29. The third-order valence-corrected chi connectivity index (χ3v) is 5.98. The van der Waals surface area contributed by atoms with Crippen molar-refractivity contribution < 1.29 is 9.92 Å². The van der Waals surface area contributed by atoms with E-state index in [2.05, 4.69) is 48.5 Å². The number of nitrogens with zero attached hydrogens (tertiary/aromatic N) is 1. The minimum atomic E-state index is -0.852. The highest BCUT2D eigenvalue weighted by atomic mass is 17.0. The lowest BCUT2D eigenvalue weighted by molar-refractivity contribution is -0.786. The van der Waals surface area contributed by atoms with Crippen molar-refractivity contribution in [1.29, 1.82) is 0 Å². The Morgan fingerprint density at radius 1 is 0.895 bits per heavy atom. The van der Waals surface area contributed by atoms with Crippen molar-refractivity contribution in [1.82, 2.24) is 0 Å². The Kier molecular flexibility index (Phi) is 5.07. The summed E-state index contributed by atoms with van der Waals surface area (Å²) < 4.78 is 0. The summed E-state index contributed by atoms with van der Waals surface area (Å²) in [5.74, 6) is 0. The molecular formula is C15H31NO3. The van der Waals surface area contributed by atoms with Crippen LogP contribution < -0.4 is 0 Å². The topological polar surface area (TPSA) is 52.4 Å². The summed E-state index contributed by atoms with van der Waals surface area (Å²) in [7, 11) is 0. The Hall–Kier alpha value is -0.800. The molecule has 0 aliphatic heterocycles. The van der Waals surface area contributed by atoms with Gasteiger partial charge in [0.2, 0.25) is 0 Å². The quantitative estimate of drug-likeness (QED) is 0.492. The van der Waals surface area contributed by atoms with E-state index in [9.17, 15) is 10.1 Å². The zero-order valence-corrected chi connectivity index (χ0v) is 14.1. The van der Waals surface area contributed by atoms with Crippen LogP contribution in [0.25, 0.3) is 0 Å². The fourth-order valence-corrected chi connectivity index (χ4v) is 3.53. The first kappa shape index (κ1) is 18.2. The summed E-state index contributed by atoms with van der Waals surface area (Å²) >= 11 is 0. The van der Waals surface area contributed by atoms with E-state index in [0.29, 0.717) is 0 Å². The average Bonchev–Trinajstić information content (AvgIpc) is 2.25. The van der Waals surface area contributed by atoms with Crippen molar-refractivity contribution in [3.8, 4) is 0 Å². The summed E-state index contributed by atoms with van der Waals surface area (Å²) in [6.45, 7) is 18.8. The third kappa shape index (κ3) is 2.87. The molecule has 0 aromatic heterocycles. The van der Waals surface area contributed by atoms with Gasteiger partial charge in [0.05, 0.1) is 0 Å². The van der Waals surface area contributed by atoms with Crippen LogP contribution in [0.15, 0.2) is 0 Å². The molecule has 0 spiro atoms. The second-order valence-corrected chi connectivity index (χ2v) is 7.43. The lowest BCUT2D eigenvalue weighted by Gasteiger charge is -2.60. The molecule has 0 N–H and O–H groups in total. The van der Waals surface area contributed by atoms with Crippen molar-refractivity contribution in [2.75, 3.05) is 0 Å². The molecule has 0 aliphatic carbocycles. The third-order valence-electron chi connectivity index (χ3n) is 5.98. The van der Waals surface area contributed by atoms with E-state index in [-0.39, 0.29) is 16.2 Å². The van der Waals surface area contributed by atoms with Crippen LogP contribution in [0.2, 0.25) is 0 Å². The van der Waals surface area contributed by atoms with Gasteiger partial charge in [-0.3, -0.25) is 0 Å². The van der Waals surface area contributed by atoms with E-state index in [1.807, 2.05) is 13.8 Å². The van der Waals surface area contributed by atoms with E-state index < -0.39 is 10.7 Å². The van der Waals surface area contributed by atoms with Crippen LogP contribution in [0.4, 0.5) is 0 Å². The maximum absolute atomic E-state index is 10.9. The fourth-order valence-electron chi connectivity index (χ4n) is 3.53. The van der Waals surface area contributed by atoms with Gasteiger partial charge >= 0.3 is 0 Å². The highest BCUT2D eigenvalue weighted by Gasteiger charge is 2.59. The van der Waals surface area contributed by atoms with Gasteiger partial charge in [0, 0.05) is 5.41 Å². The van der Waals surface area contributed by atoms with Crippen molar-refractivity contribution in [3.05, 3.63) is 10.1 Å². The van der Waals surface area contributed by atoms with E-state index >= 15 is 0 Å². The van der Waals surface area contributed by atoms with Crippen LogP contribution in [0.3, 0.4) is 0 Å². The van der Waals surface area contributed by atoms with Crippen molar-refractivity contribution >= 4 is 0 Å². The molecule has 0 aliphatic rings. The standard InChI is InChI=1S/C15H31NO3/c1-10-12(3,4)15(9,13(5,6)11-2)14(7,8)19-16(17)18/h10-11H2,1-9H3. The Balaban J connectivity index is 6.00. The lowest BCUT2D eigenvalue weighted by atomic mass is 9.46. The van der Waals surface area contributed by atoms with Gasteiger partial charge in [-0.15, -0.1) is 10.1 Å². The molecule has 0 heterocycles. The minimum Gasteiger partial charge on any atom is -0.307 e. The second-order valence-electron chi connectivity index (χ2n) is 7.43. The molecule has 4 nitrogen and oxygen atoms in total. The summed E-state index contributed by atoms with van der Waals surface area (Å²) in [5, 5.41) is 10.2. The van der Waals surface area contributed by atoms with Crippen LogP contribution >= 0.6 is 0 Å². The smallest absolute Gasteiger partial charge is 0.295 e. The van der Waals surface area contributed by atoms with Gasteiger partial charge in [-0.2, -0.15) is 0 Å². The summed E-state index contributed by atoms with van der Waals surface area (Å²) in [6.07, 6.45) is 1.88. The molecule has 0 aromatic rings. The van der Waals surface area contributed by atoms with Gasteiger partial charge in [-0.05, 0) is 24.7 Å².